The van der Waals surface area contributed by atoms with Crippen LogP contribution in [0.15, 0.2) is 42.1 Å². The van der Waals surface area contributed by atoms with Crippen LogP contribution in [0.25, 0.3) is 5.57 Å². The SMILES string of the molecule is COCCCN1C(=O)C(Nc2ccc(OC)cc2OC)=C(c2ccc(Cl)cc2Cl)C1=O. The third-order valence-corrected chi connectivity index (χ3v) is 5.31. The number of carbonyl (C=O) groups excluding carboxylic acids is 2. The predicted octanol–water partition coefficient (Wildman–Crippen LogP) is 4.24. The van der Waals surface area contributed by atoms with Crippen LogP contribution in [-0.4, -0.2) is 51.2 Å². The zero-order chi connectivity index (χ0) is 22.5. The first-order chi connectivity index (χ1) is 14.9. The number of anilines is 1. The van der Waals surface area contributed by atoms with E-state index in [4.69, 9.17) is 37.4 Å². The molecule has 164 valence electrons. The summed E-state index contributed by atoms with van der Waals surface area (Å²) in [5, 5.41) is 3.76. The zero-order valence-corrected chi connectivity index (χ0v) is 18.8. The molecular weight excluding hydrogens is 443 g/mol. The number of ether oxygens (including phenoxy) is 3. The van der Waals surface area contributed by atoms with Crippen LogP contribution in [0.1, 0.15) is 12.0 Å². The van der Waals surface area contributed by atoms with Crippen LogP contribution in [-0.2, 0) is 14.3 Å². The van der Waals surface area contributed by atoms with E-state index in [0.717, 1.165) is 0 Å². The van der Waals surface area contributed by atoms with Crippen LogP contribution in [0.3, 0.4) is 0 Å². The highest BCUT2D eigenvalue weighted by Crippen LogP contribution is 2.37. The van der Waals surface area contributed by atoms with Crippen molar-refractivity contribution >= 4 is 46.3 Å². The van der Waals surface area contributed by atoms with Gasteiger partial charge in [-0.3, -0.25) is 14.5 Å². The van der Waals surface area contributed by atoms with Gasteiger partial charge in [0.25, 0.3) is 11.8 Å². The molecule has 0 aliphatic carbocycles. The highest BCUT2D eigenvalue weighted by molar-refractivity contribution is 6.41. The quantitative estimate of drug-likeness (QED) is 0.441. The molecule has 0 bridgehead atoms. The molecule has 7 nitrogen and oxygen atoms in total. The fourth-order valence-electron chi connectivity index (χ4n) is 3.24. The third-order valence-electron chi connectivity index (χ3n) is 4.77. The molecule has 1 heterocycles. The molecule has 1 aliphatic heterocycles. The van der Waals surface area contributed by atoms with Crippen molar-refractivity contribution in [2.75, 3.05) is 39.8 Å². The number of hydrogen-bond donors (Lipinski definition) is 1. The molecule has 31 heavy (non-hydrogen) atoms. The summed E-state index contributed by atoms with van der Waals surface area (Å²) in [5.74, 6) is 0.138. The van der Waals surface area contributed by atoms with Gasteiger partial charge in [0.05, 0.1) is 30.5 Å². The molecule has 0 unspecified atom stereocenters. The first kappa shape index (κ1) is 22.9. The van der Waals surface area contributed by atoms with Gasteiger partial charge in [0.15, 0.2) is 0 Å². The van der Waals surface area contributed by atoms with E-state index < -0.39 is 11.8 Å². The third kappa shape index (κ3) is 4.79. The summed E-state index contributed by atoms with van der Waals surface area (Å²) >= 11 is 12.4. The number of hydrogen-bond acceptors (Lipinski definition) is 6. The normalized spacial score (nSPS) is 13.8. The lowest BCUT2D eigenvalue weighted by molar-refractivity contribution is -0.136. The Labute approximate surface area is 190 Å². The number of nitrogens with zero attached hydrogens (tertiary/aromatic N) is 1. The number of benzene rings is 2. The lowest BCUT2D eigenvalue weighted by Crippen LogP contribution is -2.34. The molecule has 0 aromatic heterocycles. The average Bonchev–Trinajstić information content (AvgIpc) is 2.98. The van der Waals surface area contributed by atoms with E-state index in [0.29, 0.717) is 40.8 Å². The van der Waals surface area contributed by atoms with E-state index in [1.165, 1.54) is 18.1 Å². The van der Waals surface area contributed by atoms with Crippen molar-refractivity contribution < 1.29 is 23.8 Å². The Balaban J connectivity index is 2.07. The highest BCUT2D eigenvalue weighted by Gasteiger charge is 2.39. The summed E-state index contributed by atoms with van der Waals surface area (Å²) in [5.41, 5.74) is 1.19. The second-order valence-corrected chi connectivity index (χ2v) is 7.52. The number of imide groups is 1. The standard InChI is InChI=1S/C22H22Cl2N2O5/c1-29-10-4-9-26-21(27)19(15-7-5-13(23)11-16(15)24)20(22(26)28)25-17-8-6-14(30-2)12-18(17)31-3/h5-8,11-12,25H,4,9-10H2,1-3H3. The Morgan fingerprint density at radius 2 is 1.74 bits per heavy atom. The molecule has 2 amide bonds. The summed E-state index contributed by atoms with van der Waals surface area (Å²) in [6.07, 6.45) is 0.509. The minimum atomic E-state index is -0.458. The number of methoxy groups -OCH3 is 3. The molecule has 9 heteroatoms. The fraction of sp³-hybridized carbons (Fsp3) is 0.273. The molecular formula is C22H22Cl2N2O5. The van der Waals surface area contributed by atoms with Crippen molar-refractivity contribution in [3.05, 3.63) is 57.7 Å². The summed E-state index contributed by atoms with van der Waals surface area (Å²) in [4.78, 5) is 27.6. The lowest BCUT2D eigenvalue weighted by atomic mass is 10.0. The Kier molecular flexibility index (Phi) is 7.43. The molecule has 3 rings (SSSR count). The van der Waals surface area contributed by atoms with Crippen molar-refractivity contribution in [3.63, 3.8) is 0 Å². The monoisotopic (exact) mass is 464 g/mol. The number of carbonyl (C=O) groups is 2. The van der Waals surface area contributed by atoms with Crippen LogP contribution in [0, 0.1) is 0 Å². The van der Waals surface area contributed by atoms with Gasteiger partial charge in [-0.2, -0.15) is 0 Å². The second kappa shape index (κ2) is 10.0. The summed E-state index contributed by atoms with van der Waals surface area (Å²) in [6.45, 7) is 0.633. The van der Waals surface area contributed by atoms with Gasteiger partial charge < -0.3 is 19.5 Å². The minimum Gasteiger partial charge on any atom is -0.497 e. The molecule has 2 aromatic rings. The lowest BCUT2D eigenvalue weighted by Gasteiger charge is -2.16. The van der Waals surface area contributed by atoms with Crippen LogP contribution in [0.4, 0.5) is 5.69 Å². The molecule has 0 saturated carbocycles. The van der Waals surface area contributed by atoms with E-state index in [1.807, 2.05) is 0 Å². The molecule has 0 spiro atoms. The second-order valence-electron chi connectivity index (χ2n) is 6.67. The smallest absolute Gasteiger partial charge is 0.278 e. The van der Waals surface area contributed by atoms with Gasteiger partial charge in [0.2, 0.25) is 0 Å². The van der Waals surface area contributed by atoms with E-state index in [9.17, 15) is 9.59 Å². The van der Waals surface area contributed by atoms with Gasteiger partial charge >= 0.3 is 0 Å². The van der Waals surface area contributed by atoms with Crippen LogP contribution in [0.2, 0.25) is 10.0 Å². The van der Waals surface area contributed by atoms with Crippen molar-refractivity contribution in [2.24, 2.45) is 0 Å². The van der Waals surface area contributed by atoms with E-state index in [2.05, 4.69) is 5.32 Å². The number of rotatable bonds is 9. The van der Waals surface area contributed by atoms with Crippen molar-refractivity contribution in [3.8, 4) is 11.5 Å². The first-order valence-electron chi connectivity index (χ1n) is 9.45. The highest BCUT2D eigenvalue weighted by atomic mass is 35.5. The van der Waals surface area contributed by atoms with E-state index >= 15 is 0 Å². The summed E-state index contributed by atoms with van der Waals surface area (Å²) in [7, 11) is 4.61. The molecule has 1 aliphatic rings. The Morgan fingerprint density at radius 3 is 2.39 bits per heavy atom. The average molecular weight is 465 g/mol. The summed E-state index contributed by atoms with van der Waals surface area (Å²) in [6, 6.07) is 9.87. The predicted molar refractivity (Wildman–Crippen MR) is 120 cm³/mol. The van der Waals surface area contributed by atoms with Gasteiger partial charge in [-0.25, -0.2) is 0 Å². The van der Waals surface area contributed by atoms with Crippen molar-refractivity contribution in [2.45, 2.75) is 6.42 Å². The van der Waals surface area contributed by atoms with Crippen LogP contribution < -0.4 is 14.8 Å². The maximum absolute atomic E-state index is 13.2. The van der Waals surface area contributed by atoms with Crippen molar-refractivity contribution in [1.29, 1.82) is 0 Å². The van der Waals surface area contributed by atoms with Gasteiger partial charge in [-0.05, 0) is 30.7 Å². The van der Waals surface area contributed by atoms with Gasteiger partial charge in [0, 0.05) is 36.9 Å². The number of nitrogens with one attached hydrogen (secondary N) is 1. The van der Waals surface area contributed by atoms with E-state index in [-0.39, 0.29) is 22.8 Å². The van der Waals surface area contributed by atoms with Crippen LogP contribution in [0.5, 0.6) is 11.5 Å². The minimum absolute atomic E-state index is 0.107. The van der Waals surface area contributed by atoms with Crippen LogP contribution >= 0.6 is 23.2 Å². The molecule has 0 saturated heterocycles. The van der Waals surface area contributed by atoms with Gasteiger partial charge in [-0.15, -0.1) is 0 Å². The fourth-order valence-corrected chi connectivity index (χ4v) is 3.74. The largest absolute Gasteiger partial charge is 0.497 e. The maximum Gasteiger partial charge on any atom is 0.278 e. The maximum atomic E-state index is 13.2. The molecule has 0 fully saturated rings. The topological polar surface area (TPSA) is 77.1 Å². The first-order valence-corrected chi connectivity index (χ1v) is 10.2. The van der Waals surface area contributed by atoms with Gasteiger partial charge in [0.1, 0.15) is 17.2 Å². The number of halogens is 2. The Bertz CT molecular complexity index is 1040. The molecule has 0 radical (unpaired) electrons. The summed E-state index contributed by atoms with van der Waals surface area (Å²) < 4.78 is 15.7. The Hall–Kier alpha value is -2.74. The Morgan fingerprint density at radius 1 is 0.968 bits per heavy atom. The van der Waals surface area contributed by atoms with Crippen molar-refractivity contribution in [1.82, 2.24) is 4.90 Å². The molecule has 0 atom stereocenters. The molecule has 2 aromatic carbocycles. The van der Waals surface area contributed by atoms with Gasteiger partial charge in [-0.1, -0.05) is 29.3 Å². The molecule has 1 N–H and O–H groups in total. The van der Waals surface area contributed by atoms with E-state index in [1.54, 1.807) is 44.6 Å². The zero-order valence-electron chi connectivity index (χ0n) is 17.3. The number of amides is 2.